The highest BCUT2D eigenvalue weighted by Crippen LogP contribution is 2.56. The van der Waals surface area contributed by atoms with Gasteiger partial charge in [-0.3, -0.25) is 14.4 Å². The Morgan fingerprint density at radius 2 is 1.39 bits per heavy atom. The predicted octanol–water partition coefficient (Wildman–Crippen LogP) is 15.6. The van der Waals surface area contributed by atoms with Gasteiger partial charge in [0.15, 0.2) is 91.7 Å². The van der Waals surface area contributed by atoms with Crippen molar-refractivity contribution in [3.05, 3.63) is 58.4 Å². The number of amides is 1. The molecule has 3 saturated heterocycles. The zero-order valence-corrected chi connectivity index (χ0v) is 74.9. The van der Waals surface area contributed by atoms with Gasteiger partial charge in [-0.25, -0.2) is 4.98 Å². The molecular formula is C82H126ClN3O19Si4. The van der Waals surface area contributed by atoms with E-state index >= 15 is 9.59 Å². The Hall–Kier alpha value is -4.96. The van der Waals surface area contributed by atoms with Crippen molar-refractivity contribution in [1.29, 1.82) is 0 Å². The third-order valence-electron chi connectivity index (χ3n) is 24.2. The first kappa shape index (κ1) is 88.0. The Morgan fingerprint density at radius 1 is 0.789 bits per heavy atom. The third-order valence-corrected chi connectivity index (χ3v) is 42.8. The van der Waals surface area contributed by atoms with Crippen molar-refractivity contribution >= 4 is 73.5 Å². The van der Waals surface area contributed by atoms with Gasteiger partial charge in [-0.15, -0.1) is 0 Å². The van der Waals surface area contributed by atoms with Crippen LogP contribution >= 0.6 is 11.6 Å². The number of aliphatic hydroxyl groups is 1. The van der Waals surface area contributed by atoms with E-state index < -0.39 is 160 Å². The molecule has 109 heavy (non-hydrogen) atoms. The maximum atomic E-state index is 15.6. The van der Waals surface area contributed by atoms with Gasteiger partial charge in [-0.1, -0.05) is 118 Å². The monoisotopic (exact) mass is 1600 g/mol. The number of nitrogens with one attached hydrogen (secondary N) is 1. The van der Waals surface area contributed by atoms with Crippen LogP contribution in [0.3, 0.4) is 0 Å². The number of halogens is 1. The van der Waals surface area contributed by atoms with Crippen LogP contribution in [0.2, 0.25) is 77.7 Å². The number of esters is 2. The molecule has 5 bridgehead atoms. The average molecular weight is 1610 g/mol. The lowest BCUT2D eigenvalue weighted by Crippen LogP contribution is -2.65. The van der Waals surface area contributed by atoms with Gasteiger partial charge in [-0.2, -0.15) is 0 Å². The van der Waals surface area contributed by atoms with Crippen LogP contribution in [0.25, 0.3) is 10.8 Å². The van der Waals surface area contributed by atoms with Crippen molar-refractivity contribution in [3.63, 3.8) is 0 Å². The lowest BCUT2D eigenvalue weighted by atomic mass is 9.88. The minimum Gasteiger partial charge on any atom is -0.492 e. The predicted molar refractivity (Wildman–Crippen MR) is 432 cm³/mol. The van der Waals surface area contributed by atoms with Gasteiger partial charge in [0.05, 0.1) is 85.5 Å². The molecule has 3 aromatic rings. The van der Waals surface area contributed by atoms with E-state index in [-0.39, 0.29) is 74.5 Å². The van der Waals surface area contributed by atoms with Crippen LogP contribution in [-0.4, -0.2) is 197 Å². The van der Waals surface area contributed by atoms with Crippen LogP contribution in [0.5, 0.6) is 28.7 Å². The van der Waals surface area contributed by atoms with Gasteiger partial charge in [0.25, 0.3) is 5.91 Å². The number of hydrogen-bond donors (Lipinski definition) is 2. The van der Waals surface area contributed by atoms with E-state index in [4.69, 9.17) is 86.4 Å². The zero-order chi connectivity index (χ0) is 80.9. The number of carbonyl (C=O) groups is 3. The summed E-state index contributed by atoms with van der Waals surface area (Å²) in [6.07, 6.45) is -8.46. The summed E-state index contributed by atoms with van der Waals surface area (Å²) >= 11 is 7.39. The van der Waals surface area contributed by atoms with Gasteiger partial charge in [0.2, 0.25) is 5.75 Å². The number of carbonyl (C=O) groups excluding carboxylic acids is 3. The molecule has 2 aromatic carbocycles. The molecule has 0 radical (unpaired) electrons. The maximum absolute atomic E-state index is 15.6. The summed E-state index contributed by atoms with van der Waals surface area (Å²) in [6, 6.07) is 11.1. The summed E-state index contributed by atoms with van der Waals surface area (Å²) in [7, 11) is -3.18. The molecule has 0 saturated carbocycles. The minimum atomic E-state index is -2.80. The van der Waals surface area contributed by atoms with E-state index in [0.29, 0.717) is 40.2 Å². The molecule has 1 unspecified atom stereocenters. The first-order chi connectivity index (χ1) is 50.7. The topological polar surface area (TPSA) is 241 Å². The molecule has 606 valence electrons. The number of aromatic nitrogens is 1. The number of methoxy groups -OCH3 is 2. The number of epoxide rings is 1. The van der Waals surface area contributed by atoms with Gasteiger partial charge < -0.3 is 85.1 Å². The zero-order valence-electron chi connectivity index (χ0n) is 70.2. The van der Waals surface area contributed by atoms with E-state index in [1.165, 1.54) is 20.3 Å². The van der Waals surface area contributed by atoms with E-state index in [0.717, 1.165) is 18.1 Å². The molecule has 6 heterocycles. The van der Waals surface area contributed by atoms with Crippen LogP contribution in [0.15, 0.2) is 42.0 Å². The number of pyridine rings is 1. The molecular weight excluding hydrogens is 1480 g/mol. The summed E-state index contributed by atoms with van der Waals surface area (Å²) in [5.74, 6) is 12.2. The third kappa shape index (κ3) is 18.4. The molecule has 10 rings (SSSR count). The molecule has 5 aliphatic heterocycles. The summed E-state index contributed by atoms with van der Waals surface area (Å²) in [6.45, 7) is 49.5. The van der Waals surface area contributed by atoms with Crippen molar-refractivity contribution in [2.45, 2.75) is 333 Å². The second-order valence-corrected chi connectivity index (χ2v) is 54.6. The molecule has 1 spiro atoms. The maximum Gasteiger partial charge on any atom is 0.316 e. The van der Waals surface area contributed by atoms with E-state index in [2.05, 4.69) is 150 Å². The van der Waals surface area contributed by atoms with Crippen molar-refractivity contribution < 1.29 is 89.3 Å². The van der Waals surface area contributed by atoms with Gasteiger partial charge in [-0.05, 0) is 184 Å². The highest BCUT2D eigenvalue weighted by atomic mass is 35.5. The smallest absolute Gasteiger partial charge is 0.316 e. The van der Waals surface area contributed by atoms with Crippen LogP contribution in [0, 0.1) is 29.1 Å². The highest BCUT2D eigenvalue weighted by Gasteiger charge is 2.71. The Bertz CT molecular complexity index is 3940. The molecule has 2 aliphatic carbocycles. The van der Waals surface area contributed by atoms with Crippen LogP contribution in [-0.2, 0) is 55.7 Å². The summed E-state index contributed by atoms with van der Waals surface area (Å²) in [5, 5.41) is 17.9. The highest BCUT2D eigenvalue weighted by molar-refractivity contribution is 6.75. The average Bonchev–Trinajstić information content (AvgIpc) is 1.53. The fourth-order valence-electron chi connectivity index (χ4n) is 15.1. The second kappa shape index (κ2) is 33.5. The normalized spacial score (nSPS) is 29.7. The molecule has 1 amide bonds. The van der Waals surface area contributed by atoms with Crippen molar-refractivity contribution in [2.24, 2.45) is 5.41 Å². The standard InChI is InChI=1S/C82H126ClN3O19Si4/c1-29-108(30-2,31-3)103-63-37-38-64-82(101-64)53-39-40-81(63,90)65(99-67-46-60(69(86(21)22)50(9)95-67)102-106(25,26)78(14,15)16)48-93-66(87)45-57(85-75(88)55-44-54-52(41-59(55)98-76(89)77(11,12)13)42-61(94-49(7)8)71(92-24)70(54)91-23)56-35-36-58(74(83)84-56)97-62(43-53)73(82)100-68-47-80(20,105-109(32-4,33-5)34-6)72(51(10)96-68)104-107(27,28)79(17,18)19/h35-36,41-44,49-51,57,60,62-65,67-69,72-73,90H,29-34,45-48H2,1-28H3,(H,85,88)/t50-,51-,57+,60-,62-,63?,64-,65+,67-,68-,69+,72-,73-,80+,81-,82+/m0/s1. The van der Waals surface area contributed by atoms with Gasteiger partial charge in [0, 0.05) is 23.8 Å². The Balaban J connectivity index is 1.24. The number of fused-ring (bicyclic) bond motifs is 8. The van der Waals surface area contributed by atoms with E-state index in [9.17, 15) is 9.90 Å². The Kier molecular flexibility index (Phi) is 27.0. The number of benzene rings is 2. The Morgan fingerprint density at radius 3 is 1.96 bits per heavy atom. The van der Waals surface area contributed by atoms with Gasteiger partial charge in [0.1, 0.15) is 30.7 Å². The molecule has 7 aliphatic rings. The largest absolute Gasteiger partial charge is 0.492 e. The van der Waals surface area contributed by atoms with Crippen LogP contribution < -0.4 is 29.0 Å². The SMILES string of the molecule is CC[Si](CC)(CC)OC1C#C[C@@H]2O[C@]23C2=C[C@H](Oc4ccc(nc4Cl)[C@H](NC(=O)c4cc5c(OC)c(OC)c(OC(C)C)cc5cc4OC(=O)C(C)(C)C)CC(=O)OC[C@@H](O[C@H]4C[C@H](O[Si](C)(C)C(C)(C)C)[C@H](N(C)C)[C@H](C)O4)[C@]1(O)C#C2)[C@@H]3O[C@H]1C[C@@](C)(O[Si](CC)(CC)CC)[C@@H](O[Si](C)(C)C(C)(C)C)[C@H](C)O1. The molecule has 22 nitrogen and oxygen atoms in total. The first-order valence-corrected chi connectivity index (χ1v) is 50.6. The molecule has 27 heteroatoms. The summed E-state index contributed by atoms with van der Waals surface area (Å²) < 4.78 is 103. The summed E-state index contributed by atoms with van der Waals surface area (Å²) in [4.78, 5) is 52.0. The molecule has 2 N–H and O–H groups in total. The number of likely N-dealkylation sites (N-methyl/N-ethyl adjacent to an activating group) is 1. The molecule has 1 aromatic heterocycles. The van der Waals surface area contributed by atoms with Crippen LogP contribution in [0.1, 0.15) is 180 Å². The summed E-state index contributed by atoms with van der Waals surface area (Å²) in [5.41, 5.74) is -5.40. The van der Waals surface area contributed by atoms with Crippen LogP contribution in [0.4, 0.5) is 0 Å². The minimum absolute atomic E-state index is 0.0933. The lowest BCUT2D eigenvalue weighted by Gasteiger charge is -2.54. The van der Waals surface area contributed by atoms with Crippen molar-refractivity contribution in [3.8, 4) is 52.4 Å². The molecule has 16 atom stereocenters. The second-order valence-electron chi connectivity index (χ2n) is 35.3. The number of ether oxygens (including phenoxy) is 11. The van der Waals surface area contributed by atoms with E-state index in [1.807, 2.05) is 47.9 Å². The first-order valence-electron chi connectivity index (χ1n) is 39.3. The quantitative estimate of drug-likeness (QED) is 0.0189. The number of nitrogens with zero attached hydrogens (tertiary/aromatic N) is 2. The van der Waals surface area contributed by atoms with Crippen molar-refractivity contribution in [2.75, 3.05) is 34.9 Å². The Labute approximate surface area is 658 Å². The fourth-order valence-corrected chi connectivity index (χ4v) is 24.0. The molecule has 3 fully saturated rings. The lowest BCUT2D eigenvalue weighted by molar-refractivity contribution is -0.284. The van der Waals surface area contributed by atoms with Crippen molar-refractivity contribution in [1.82, 2.24) is 15.2 Å². The number of rotatable bonds is 26. The fraction of sp³-hybridized carbons (Fsp3) is 0.707. The van der Waals surface area contributed by atoms with Gasteiger partial charge >= 0.3 is 11.9 Å². The number of hydrogen-bond acceptors (Lipinski definition) is 21. The van der Waals surface area contributed by atoms with E-state index in [1.54, 1.807) is 45.0 Å².